The SMILES string of the molecule is CCNCCNC1CCN(C(=O)[C@]23CC[C@@H](C4(C)CC4)[C@@H]2[C@H]2CC[C@@H]4[C@@]5(C)CC[C@H](OC(=O)CC(C)(C)C(=O)O)C(C)(C)[C@@H]5CC[C@@]4(C)[C@]2(C)CC3)CC1. The first-order valence-electron chi connectivity index (χ1n) is 22.5. The quantitative estimate of drug-likeness (QED) is 0.144. The van der Waals surface area contributed by atoms with Crippen LogP contribution in [0.2, 0.25) is 0 Å². The van der Waals surface area contributed by atoms with E-state index in [0.29, 0.717) is 47.0 Å². The van der Waals surface area contributed by atoms with Crippen LogP contribution in [0.25, 0.3) is 0 Å². The van der Waals surface area contributed by atoms with Crippen LogP contribution in [0.5, 0.6) is 0 Å². The summed E-state index contributed by atoms with van der Waals surface area (Å²) in [5.74, 6) is 1.98. The van der Waals surface area contributed by atoms with Crippen molar-refractivity contribution < 1.29 is 24.2 Å². The number of carbonyl (C=O) groups is 3. The van der Waals surface area contributed by atoms with Crippen molar-refractivity contribution in [3.8, 4) is 0 Å². The molecule has 8 heteroatoms. The van der Waals surface area contributed by atoms with Crippen molar-refractivity contribution in [2.75, 3.05) is 32.7 Å². The van der Waals surface area contributed by atoms with Crippen LogP contribution in [0.3, 0.4) is 0 Å². The number of amides is 1. The van der Waals surface area contributed by atoms with E-state index in [0.717, 1.165) is 77.7 Å². The van der Waals surface area contributed by atoms with E-state index in [-0.39, 0.29) is 45.6 Å². The summed E-state index contributed by atoms with van der Waals surface area (Å²) < 4.78 is 6.22. The Kier molecular flexibility index (Phi) is 10.5. The summed E-state index contributed by atoms with van der Waals surface area (Å²) in [6.07, 6.45) is 15.8. The van der Waals surface area contributed by atoms with Gasteiger partial charge in [-0.3, -0.25) is 14.4 Å². The van der Waals surface area contributed by atoms with E-state index >= 15 is 4.79 Å². The van der Waals surface area contributed by atoms with E-state index in [9.17, 15) is 14.7 Å². The molecule has 1 saturated heterocycles. The molecule has 54 heavy (non-hydrogen) atoms. The maximum absolute atomic E-state index is 15.2. The number of carboxylic acids is 1. The van der Waals surface area contributed by atoms with Crippen molar-refractivity contribution >= 4 is 17.8 Å². The average molecular weight is 752 g/mol. The van der Waals surface area contributed by atoms with Crippen molar-refractivity contribution in [1.29, 1.82) is 0 Å². The minimum Gasteiger partial charge on any atom is -0.481 e. The van der Waals surface area contributed by atoms with Gasteiger partial charge in [0.25, 0.3) is 0 Å². The van der Waals surface area contributed by atoms with Crippen LogP contribution in [0.15, 0.2) is 0 Å². The minimum atomic E-state index is -1.14. The van der Waals surface area contributed by atoms with Gasteiger partial charge in [0.05, 0.1) is 17.3 Å². The summed E-state index contributed by atoms with van der Waals surface area (Å²) in [4.78, 5) is 42.4. The van der Waals surface area contributed by atoms with Crippen LogP contribution >= 0.6 is 0 Å². The lowest BCUT2D eigenvalue weighted by atomic mass is 9.32. The lowest BCUT2D eigenvalue weighted by Gasteiger charge is -2.73. The molecule has 7 aliphatic rings. The van der Waals surface area contributed by atoms with E-state index in [1.807, 2.05) is 0 Å². The largest absolute Gasteiger partial charge is 0.481 e. The highest BCUT2D eigenvalue weighted by atomic mass is 16.5. The van der Waals surface area contributed by atoms with E-state index < -0.39 is 11.4 Å². The number of piperidine rings is 1. The molecule has 0 unspecified atom stereocenters. The Morgan fingerprint density at radius 1 is 0.759 bits per heavy atom. The third kappa shape index (κ3) is 6.31. The third-order valence-corrected chi connectivity index (χ3v) is 18.9. The number of esters is 1. The van der Waals surface area contributed by atoms with Crippen LogP contribution in [-0.2, 0) is 19.1 Å². The Balaban J connectivity index is 1.11. The predicted octanol–water partition coefficient (Wildman–Crippen LogP) is 8.47. The van der Waals surface area contributed by atoms with Crippen LogP contribution in [-0.4, -0.2) is 72.7 Å². The highest BCUT2D eigenvalue weighted by molar-refractivity contribution is 5.84. The Bertz CT molecular complexity index is 1450. The molecule has 6 saturated carbocycles. The second-order valence-electron chi connectivity index (χ2n) is 22.2. The molecule has 7 rings (SSSR count). The number of carbonyl (C=O) groups excluding carboxylic acids is 2. The number of likely N-dealkylation sites (tertiary alicyclic amines) is 1. The van der Waals surface area contributed by atoms with Crippen molar-refractivity contribution in [2.45, 2.75) is 171 Å². The molecule has 10 atom stereocenters. The maximum Gasteiger partial charge on any atom is 0.309 e. The van der Waals surface area contributed by atoms with Crippen LogP contribution < -0.4 is 10.6 Å². The van der Waals surface area contributed by atoms with Crippen molar-refractivity contribution in [3.63, 3.8) is 0 Å². The second kappa shape index (κ2) is 14.0. The van der Waals surface area contributed by atoms with Gasteiger partial charge in [-0.15, -0.1) is 0 Å². The summed E-state index contributed by atoms with van der Waals surface area (Å²) >= 11 is 0. The lowest BCUT2D eigenvalue weighted by Crippen LogP contribution is -2.68. The van der Waals surface area contributed by atoms with E-state index in [1.54, 1.807) is 13.8 Å². The summed E-state index contributed by atoms with van der Waals surface area (Å²) in [6.45, 7) is 25.4. The first-order valence-corrected chi connectivity index (χ1v) is 22.5. The number of hydrogen-bond donors (Lipinski definition) is 3. The molecule has 7 fully saturated rings. The maximum atomic E-state index is 15.2. The minimum absolute atomic E-state index is 0.102. The molecule has 1 amide bonds. The number of hydrogen-bond acceptors (Lipinski definition) is 6. The number of fused-ring (bicyclic) bond motifs is 7. The molecule has 0 aromatic carbocycles. The van der Waals surface area contributed by atoms with Crippen LogP contribution in [0.4, 0.5) is 0 Å². The van der Waals surface area contributed by atoms with Gasteiger partial charge in [-0.25, -0.2) is 0 Å². The number of likely N-dealkylation sites (N-methyl/N-ethyl adjacent to an activating group) is 1. The number of nitrogens with zero attached hydrogens (tertiary/aromatic N) is 1. The molecule has 0 spiro atoms. The zero-order valence-electron chi connectivity index (χ0n) is 35.7. The molecular weight excluding hydrogens is 675 g/mol. The topological polar surface area (TPSA) is 108 Å². The van der Waals surface area contributed by atoms with Gasteiger partial charge >= 0.3 is 11.9 Å². The van der Waals surface area contributed by atoms with Crippen LogP contribution in [0.1, 0.15) is 159 Å². The fourth-order valence-electron chi connectivity index (χ4n) is 15.3. The smallest absolute Gasteiger partial charge is 0.309 e. The molecule has 1 heterocycles. The molecule has 3 N–H and O–H groups in total. The Hall–Kier alpha value is -1.67. The molecular formula is C46H77N3O5. The van der Waals surface area contributed by atoms with Gasteiger partial charge in [0.15, 0.2) is 0 Å². The summed E-state index contributed by atoms with van der Waals surface area (Å²) in [7, 11) is 0. The summed E-state index contributed by atoms with van der Waals surface area (Å²) in [5.41, 5.74) is -0.537. The van der Waals surface area contributed by atoms with Gasteiger partial charge in [-0.05, 0) is 162 Å². The van der Waals surface area contributed by atoms with Gasteiger partial charge in [0.2, 0.25) is 5.91 Å². The zero-order valence-corrected chi connectivity index (χ0v) is 35.7. The molecule has 8 nitrogen and oxygen atoms in total. The van der Waals surface area contributed by atoms with Gasteiger partial charge < -0.3 is 25.4 Å². The Labute approximate surface area is 327 Å². The molecule has 1 aliphatic heterocycles. The Morgan fingerprint density at radius 3 is 2.11 bits per heavy atom. The monoisotopic (exact) mass is 752 g/mol. The first-order chi connectivity index (χ1) is 25.3. The summed E-state index contributed by atoms with van der Waals surface area (Å²) in [5, 5.41) is 16.8. The second-order valence-corrected chi connectivity index (χ2v) is 22.2. The van der Waals surface area contributed by atoms with Gasteiger partial charge in [0, 0.05) is 37.6 Å². The van der Waals surface area contributed by atoms with E-state index in [4.69, 9.17) is 4.74 Å². The number of rotatable bonds is 11. The zero-order chi connectivity index (χ0) is 39.1. The summed E-state index contributed by atoms with van der Waals surface area (Å²) in [6, 6.07) is 0.514. The van der Waals surface area contributed by atoms with Gasteiger partial charge in [-0.1, -0.05) is 48.5 Å². The number of aliphatic carboxylic acids is 1. The average Bonchev–Trinajstić information content (AvgIpc) is 3.73. The number of carboxylic acid groups (broad SMARTS) is 1. The van der Waals surface area contributed by atoms with Crippen LogP contribution in [0, 0.1) is 67.5 Å². The predicted molar refractivity (Wildman–Crippen MR) is 214 cm³/mol. The molecule has 0 aromatic heterocycles. The lowest BCUT2D eigenvalue weighted by molar-refractivity contribution is -0.251. The fourth-order valence-corrected chi connectivity index (χ4v) is 15.3. The van der Waals surface area contributed by atoms with Crippen molar-refractivity contribution in [3.05, 3.63) is 0 Å². The van der Waals surface area contributed by atoms with Gasteiger partial charge in [0.1, 0.15) is 6.10 Å². The number of ether oxygens (including phenoxy) is 1. The molecule has 306 valence electrons. The number of nitrogens with one attached hydrogen (secondary N) is 2. The molecule has 0 radical (unpaired) electrons. The van der Waals surface area contributed by atoms with Gasteiger partial charge in [-0.2, -0.15) is 0 Å². The Morgan fingerprint density at radius 2 is 1.46 bits per heavy atom. The normalized spacial score (nSPS) is 42.6. The van der Waals surface area contributed by atoms with Crippen molar-refractivity contribution in [1.82, 2.24) is 15.5 Å². The van der Waals surface area contributed by atoms with E-state index in [2.05, 4.69) is 64.0 Å². The molecule has 6 aliphatic carbocycles. The van der Waals surface area contributed by atoms with Crippen molar-refractivity contribution in [2.24, 2.45) is 67.5 Å². The highest BCUT2D eigenvalue weighted by Gasteiger charge is 2.73. The third-order valence-electron chi connectivity index (χ3n) is 18.9. The standard InChI is InChI=1S/C46H77N3O5/c1-10-47-25-26-48-30-16-27-49(28-17-30)38(51)46-20-13-31(42(6)21-22-42)37(46)32-11-12-34-43(7)18-15-35(54-36(50)29-40(2,3)39(52)53)41(4,5)33(43)14-19-45(34,9)44(32,8)23-24-46/h30-35,37,47-48H,10-29H2,1-9H3,(H,52,53)/t31-,32-,33+,34-,35+,37-,43+,44-,45-,46+/m1/s1. The fraction of sp³-hybridized carbons (Fsp3) is 0.935. The van der Waals surface area contributed by atoms with E-state index in [1.165, 1.54) is 44.9 Å². The molecule has 0 aromatic rings. The highest BCUT2D eigenvalue weighted by Crippen LogP contribution is 2.79. The molecule has 0 bridgehead atoms. The first kappa shape index (κ1) is 40.5.